The Balaban J connectivity index is 2.20. The number of ketones is 1. The maximum absolute atomic E-state index is 12.8. The fraction of sp³-hybridized carbons (Fsp3) is 0.381. The summed E-state index contributed by atoms with van der Waals surface area (Å²) >= 11 is 0. The van der Waals surface area contributed by atoms with Crippen molar-refractivity contribution in [1.82, 2.24) is 4.98 Å². The Morgan fingerprint density at radius 1 is 1.03 bits per heavy atom. The molecule has 0 aliphatic heterocycles. The van der Waals surface area contributed by atoms with Crippen molar-refractivity contribution in [2.75, 3.05) is 20.8 Å². The number of aromatic nitrogens is 1. The molecule has 0 saturated heterocycles. The molecule has 1 heterocycles. The van der Waals surface area contributed by atoms with Gasteiger partial charge in [-0.1, -0.05) is 0 Å². The molecule has 8 heteroatoms. The molecule has 0 aliphatic rings. The summed E-state index contributed by atoms with van der Waals surface area (Å²) in [4.78, 5) is 40.3. The van der Waals surface area contributed by atoms with Crippen molar-refractivity contribution < 1.29 is 33.3 Å². The van der Waals surface area contributed by atoms with Gasteiger partial charge >= 0.3 is 11.9 Å². The van der Waals surface area contributed by atoms with E-state index >= 15 is 0 Å². The van der Waals surface area contributed by atoms with E-state index in [0.29, 0.717) is 28.3 Å². The van der Waals surface area contributed by atoms with Gasteiger partial charge in [0.2, 0.25) is 5.78 Å². The van der Waals surface area contributed by atoms with E-state index in [0.717, 1.165) is 0 Å². The molecule has 8 nitrogen and oxygen atoms in total. The Bertz CT molecular complexity index is 929. The van der Waals surface area contributed by atoms with Crippen LogP contribution in [-0.2, 0) is 9.47 Å². The number of methoxy groups -OCH3 is 2. The Morgan fingerprint density at radius 2 is 1.69 bits per heavy atom. The predicted molar refractivity (Wildman–Crippen MR) is 105 cm³/mol. The van der Waals surface area contributed by atoms with Crippen molar-refractivity contribution in [3.63, 3.8) is 0 Å². The second kappa shape index (κ2) is 9.27. The van der Waals surface area contributed by atoms with E-state index in [1.807, 2.05) is 0 Å². The van der Waals surface area contributed by atoms with Gasteiger partial charge in [0, 0.05) is 5.69 Å². The second-order valence-electron chi connectivity index (χ2n) is 6.33. The molecule has 2 rings (SSSR count). The van der Waals surface area contributed by atoms with Crippen LogP contribution in [0.1, 0.15) is 56.3 Å². The van der Waals surface area contributed by atoms with Gasteiger partial charge in [0.05, 0.1) is 37.6 Å². The number of carbonyl (C=O) groups excluding carboxylic acids is 3. The molecule has 1 atom stereocenters. The first-order valence-corrected chi connectivity index (χ1v) is 9.08. The molecule has 0 bridgehead atoms. The highest BCUT2D eigenvalue weighted by atomic mass is 16.5. The number of hydrogen-bond acceptors (Lipinski definition) is 7. The lowest BCUT2D eigenvalue weighted by molar-refractivity contribution is 0.0316. The molecule has 0 fully saturated rings. The van der Waals surface area contributed by atoms with Crippen LogP contribution in [0.2, 0.25) is 0 Å². The summed E-state index contributed by atoms with van der Waals surface area (Å²) in [6.45, 7) is 6.73. The average Bonchev–Trinajstić information content (AvgIpc) is 3.00. The first kappa shape index (κ1) is 22.0. The summed E-state index contributed by atoms with van der Waals surface area (Å²) in [5.74, 6) is -0.797. The Labute approximate surface area is 169 Å². The number of H-pyrrole nitrogens is 1. The average molecular weight is 403 g/mol. The van der Waals surface area contributed by atoms with Crippen molar-refractivity contribution in [3.05, 3.63) is 46.3 Å². The summed E-state index contributed by atoms with van der Waals surface area (Å²) in [5, 5.41) is 0. The smallest absolute Gasteiger partial charge is 0.340 e. The lowest BCUT2D eigenvalue weighted by Gasteiger charge is -2.13. The monoisotopic (exact) mass is 403 g/mol. The Hall–Kier alpha value is -3.29. The second-order valence-corrected chi connectivity index (χ2v) is 6.33. The topological polar surface area (TPSA) is 104 Å². The van der Waals surface area contributed by atoms with E-state index in [4.69, 9.17) is 18.9 Å². The van der Waals surface area contributed by atoms with Crippen molar-refractivity contribution in [2.45, 2.75) is 33.8 Å². The highest BCUT2D eigenvalue weighted by Gasteiger charge is 2.28. The first-order chi connectivity index (χ1) is 13.7. The van der Waals surface area contributed by atoms with Crippen molar-refractivity contribution >= 4 is 17.7 Å². The van der Waals surface area contributed by atoms with Gasteiger partial charge in [-0.25, -0.2) is 9.59 Å². The normalized spacial score (nSPS) is 11.5. The van der Waals surface area contributed by atoms with Crippen LogP contribution in [-0.4, -0.2) is 49.6 Å². The molecule has 0 unspecified atom stereocenters. The SMILES string of the molecule is CCOC(=O)c1c(C)[nH]c(C(=O)[C@@H](C)OC(=O)c2ccc(OC)c(OC)c2)c1C. The molecule has 29 heavy (non-hydrogen) atoms. The van der Waals surface area contributed by atoms with E-state index < -0.39 is 23.8 Å². The van der Waals surface area contributed by atoms with Gasteiger partial charge in [0.15, 0.2) is 17.6 Å². The van der Waals surface area contributed by atoms with E-state index in [1.165, 1.54) is 33.3 Å². The molecule has 1 aromatic heterocycles. The maximum Gasteiger partial charge on any atom is 0.340 e. The molecule has 1 N–H and O–H groups in total. The minimum absolute atomic E-state index is 0.207. The van der Waals surface area contributed by atoms with Crippen LogP contribution < -0.4 is 9.47 Å². The summed E-state index contributed by atoms with van der Waals surface area (Å²) in [7, 11) is 2.94. The van der Waals surface area contributed by atoms with Crippen LogP contribution in [0.5, 0.6) is 11.5 Å². The van der Waals surface area contributed by atoms with Crippen LogP contribution in [0.15, 0.2) is 18.2 Å². The maximum atomic E-state index is 12.8. The van der Waals surface area contributed by atoms with E-state index in [2.05, 4.69) is 4.98 Å². The largest absolute Gasteiger partial charge is 0.493 e. The van der Waals surface area contributed by atoms with Gasteiger partial charge < -0.3 is 23.9 Å². The van der Waals surface area contributed by atoms with Gasteiger partial charge in [-0.15, -0.1) is 0 Å². The number of carbonyl (C=O) groups is 3. The minimum atomic E-state index is -1.07. The van der Waals surface area contributed by atoms with Crippen LogP contribution in [0.3, 0.4) is 0 Å². The molecule has 156 valence electrons. The quantitative estimate of drug-likeness (QED) is 0.533. The van der Waals surface area contributed by atoms with Gasteiger partial charge in [-0.3, -0.25) is 4.79 Å². The molecule has 1 aromatic carbocycles. The van der Waals surface area contributed by atoms with Crippen LogP contribution in [0.25, 0.3) is 0 Å². The van der Waals surface area contributed by atoms with Gasteiger partial charge in [0.25, 0.3) is 0 Å². The standard InChI is InChI=1S/C21H25NO7/c1-7-28-21(25)17-11(2)18(22-12(17)3)19(23)13(4)29-20(24)14-8-9-15(26-5)16(10-14)27-6/h8-10,13,22H,7H2,1-6H3/t13-/m1/s1. The highest BCUT2D eigenvalue weighted by Crippen LogP contribution is 2.28. The van der Waals surface area contributed by atoms with E-state index in [-0.39, 0.29) is 17.9 Å². The fourth-order valence-corrected chi connectivity index (χ4v) is 2.95. The molecular formula is C21H25NO7. The first-order valence-electron chi connectivity index (χ1n) is 9.08. The zero-order chi connectivity index (χ0) is 21.7. The number of aromatic amines is 1. The number of rotatable bonds is 8. The summed E-state index contributed by atoms with van der Waals surface area (Å²) in [6.07, 6.45) is -1.07. The summed E-state index contributed by atoms with van der Waals surface area (Å²) in [5.41, 5.74) is 1.71. The number of nitrogens with one attached hydrogen (secondary N) is 1. The highest BCUT2D eigenvalue weighted by molar-refractivity contribution is 6.04. The summed E-state index contributed by atoms with van der Waals surface area (Å²) < 4.78 is 20.7. The van der Waals surface area contributed by atoms with Crippen molar-refractivity contribution in [1.29, 1.82) is 0 Å². The summed E-state index contributed by atoms with van der Waals surface area (Å²) in [6, 6.07) is 4.57. The molecule has 0 spiro atoms. The van der Waals surface area contributed by atoms with Crippen LogP contribution in [0.4, 0.5) is 0 Å². The van der Waals surface area contributed by atoms with Gasteiger partial charge in [0.1, 0.15) is 0 Å². The predicted octanol–water partition coefficient (Wildman–Crippen LogP) is 3.25. The zero-order valence-corrected chi connectivity index (χ0v) is 17.4. The zero-order valence-electron chi connectivity index (χ0n) is 17.4. The number of ether oxygens (including phenoxy) is 4. The molecule has 0 amide bonds. The van der Waals surface area contributed by atoms with E-state index in [1.54, 1.807) is 26.8 Å². The lowest BCUT2D eigenvalue weighted by Crippen LogP contribution is -2.25. The lowest BCUT2D eigenvalue weighted by atomic mass is 10.1. The number of Topliss-reactive ketones (excluding diaryl/α,β-unsaturated/α-hetero) is 1. The Morgan fingerprint density at radius 3 is 2.28 bits per heavy atom. The van der Waals surface area contributed by atoms with E-state index in [9.17, 15) is 14.4 Å². The Kier molecular flexibility index (Phi) is 7.03. The molecular weight excluding hydrogens is 378 g/mol. The van der Waals surface area contributed by atoms with Crippen molar-refractivity contribution in [2.24, 2.45) is 0 Å². The number of aryl methyl sites for hydroxylation is 1. The number of hydrogen-bond donors (Lipinski definition) is 1. The third-order valence-electron chi connectivity index (χ3n) is 4.44. The minimum Gasteiger partial charge on any atom is -0.493 e. The van der Waals surface area contributed by atoms with Crippen LogP contribution >= 0.6 is 0 Å². The third-order valence-corrected chi connectivity index (χ3v) is 4.44. The van der Waals surface area contributed by atoms with Crippen molar-refractivity contribution in [3.8, 4) is 11.5 Å². The third kappa shape index (κ3) is 4.59. The molecule has 0 radical (unpaired) electrons. The van der Waals surface area contributed by atoms with Gasteiger partial charge in [-0.05, 0) is 51.5 Å². The van der Waals surface area contributed by atoms with Crippen LogP contribution in [0, 0.1) is 13.8 Å². The molecule has 0 saturated carbocycles. The van der Waals surface area contributed by atoms with Gasteiger partial charge in [-0.2, -0.15) is 0 Å². The fourth-order valence-electron chi connectivity index (χ4n) is 2.95. The molecule has 2 aromatic rings. The molecule has 0 aliphatic carbocycles. The number of benzene rings is 1. The number of esters is 2.